The first kappa shape index (κ1) is 41.1. The number of nitrogens with zero attached hydrogens (tertiary/aromatic N) is 5. The maximum absolute atomic E-state index is 13.4. The number of rotatable bonds is 22. The highest BCUT2D eigenvalue weighted by atomic mass is 16.6. The van der Waals surface area contributed by atoms with Gasteiger partial charge in [0.25, 0.3) is 0 Å². The molecule has 9 atom stereocenters. The van der Waals surface area contributed by atoms with Gasteiger partial charge in [0, 0.05) is 45.0 Å². The number of pyridine rings is 1. The van der Waals surface area contributed by atoms with Gasteiger partial charge in [-0.2, -0.15) is 0 Å². The number of methoxy groups -OCH3 is 1. The molecule has 2 aromatic heterocycles. The Morgan fingerprint density at radius 3 is 2.46 bits per heavy atom. The highest BCUT2D eigenvalue weighted by molar-refractivity contribution is 6.15. The minimum absolute atomic E-state index is 0.0193. The Morgan fingerprint density at radius 1 is 1.16 bits per heavy atom. The van der Waals surface area contributed by atoms with Crippen LogP contribution in [0.15, 0.2) is 30.6 Å². The monoisotopic (exact) mass is 696 g/mol. The minimum atomic E-state index is -1.20. The fraction of sp³-hybridized carbons (Fsp3) is 0.722. The molecule has 2 radical (unpaired) electrons. The van der Waals surface area contributed by atoms with Gasteiger partial charge in [-0.05, 0) is 89.2 Å². The van der Waals surface area contributed by atoms with Gasteiger partial charge in [0.2, 0.25) is 0 Å². The van der Waals surface area contributed by atoms with E-state index in [1.54, 1.807) is 17.8 Å². The lowest BCUT2D eigenvalue weighted by Crippen LogP contribution is -2.58. The summed E-state index contributed by atoms with van der Waals surface area (Å²) in [4.78, 5) is 44.0. The lowest BCUT2D eigenvalue weighted by Gasteiger charge is -2.43. The topological polar surface area (TPSA) is 169 Å². The third-order valence-electron chi connectivity index (χ3n) is 10.8. The second kappa shape index (κ2) is 18.2. The smallest absolute Gasteiger partial charge is 0.410 e. The van der Waals surface area contributed by atoms with Crippen molar-refractivity contribution in [2.24, 2.45) is 23.7 Å². The summed E-state index contributed by atoms with van der Waals surface area (Å²) in [6.45, 7) is 14.8. The van der Waals surface area contributed by atoms with Gasteiger partial charge >= 0.3 is 12.1 Å². The quantitative estimate of drug-likeness (QED) is 0.0907. The molecule has 50 heavy (non-hydrogen) atoms. The zero-order valence-corrected chi connectivity index (χ0v) is 31.0. The molecule has 0 unspecified atom stereocenters. The summed E-state index contributed by atoms with van der Waals surface area (Å²) < 4.78 is 13.9. The molecule has 0 bridgehead atoms. The Labute approximate surface area is 298 Å². The number of hydrogen-bond acceptors (Lipinski definition) is 10. The maximum Gasteiger partial charge on any atom is 0.410 e. The number of unbranched alkanes of at least 4 members (excludes halogenated alkanes) is 1. The van der Waals surface area contributed by atoms with Gasteiger partial charge in [0.05, 0.1) is 31.4 Å². The van der Waals surface area contributed by atoms with E-state index in [0.717, 1.165) is 25.0 Å². The average molecular weight is 697 g/mol. The summed E-state index contributed by atoms with van der Waals surface area (Å²) in [6, 6.07) is 5.29. The molecule has 13 nitrogen and oxygen atoms in total. The Hall–Kier alpha value is -3.36. The number of carbonyl (C=O) groups excluding carboxylic acids is 2. The van der Waals surface area contributed by atoms with Gasteiger partial charge in [-0.15, -0.1) is 5.10 Å². The van der Waals surface area contributed by atoms with Crippen molar-refractivity contribution >= 4 is 25.7 Å². The zero-order valence-electron chi connectivity index (χ0n) is 31.0. The number of aliphatic hydroxyl groups is 1. The molecular weight excluding hydrogens is 639 g/mol. The van der Waals surface area contributed by atoms with Crippen molar-refractivity contribution in [1.82, 2.24) is 30.2 Å². The lowest BCUT2D eigenvalue weighted by molar-refractivity contribution is -0.147. The van der Waals surface area contributed by atoms with Gasteiger partial charge < -0.3 is 25.0 Å². The SMILES string of the molecule is [B][C@H]([C@@H](C)C(=O)[C@@H](C)C(=O)O)[C@@](CCO)(C[C@@H](C)CN[C@H](C)[C@H]1N(CCCCn2cc(-c3ccccn3)nn2)C(=O)O[C@]1(C)[C@H](C)CC)OC. The van der Waals surface area contributed by atoms with Crippen molar-refractivity contribution in [3.8, 4) is 11.4 Å². The third kappa shape index (κ3) is 9.49. The van der Waals surface area contributed by atoms with E-state index < -0.39 is 40.6 Å². The number of carbonyl (C=O) groups is 3. The van der Waals surface area contributed by atoms with Crippen LogP contribution in [0.2, 0.25) is 5.82 Å². The first-order valence-electron chi connectivity index (χ1n) is 17.9. The molecule has 1 amide bonds. The molecule has 276 valence electrons. The van der Waals surface area contributed by atoms with Crippen LogP contribution in [0, 0.1) is 23.7 Å². The van der Waals surface area contributed by atoms with Crippen LogP contribution in [-0.2, 0) is 25.6 Å². The summed E-state index contributed by atoms with van der Waals surface area (Å²) in [6.07, 6.45) is 6.26. The number of carboxylic acids is 1. The number of aryl methyl sites for hydroxylation is 1. The molecule has 2 aromatic rings. The van der Waals surface area contributed by atoms with Crippen molar-refractivity contribution in [2.45, 2.75) is 116 Å². The molecule has 0 aromatic carbocycles. The van der Waals surface area contributed by atoms with E-state index in [0.29, 0.717) is 31.7 Å². The number of aliphatic hydroxyl groups excluding tert-OH is 1. The van der Waals surface area contributed by atoms with Crippen LogP contribution >= 0.6 is 0 Å². The number of amides is 1. The number of aliphatic carboxylic acids is 1. The maximum atomic E-state index is 13.4. The van der Waals surface area contributed by atoms with Gasteiger partial charge in [-0.3, -0.25) is 24.2 Å². The molecule has 1 aliphatic heterocycles. The van der Waals surface area contributed by atoms with Crippen molar-refractivity contribution in [3.63, 3.8) is 0 Å². The summed E-state index contributed by atoms with van der Waals surface area (Å²) >= 11 is 0. The van der Waals surface area contributed by atoms with Gasteiger partial charge in [-0.25, -0.2) is 4.79 Å². The first-order chi connectivity index (χ1) is 23.6. The summed E-state index contributed by atoms with van der Waals surface area (Å²) in [7, 11) is 8.14. The molecule has 0 saturated carbocycles. The standard InChI is InChI=1S/C36H57BN6O7/c1-9-24(3)35(7)32(43(34(48)50-35)18-13-12-17-42-22-29(40-41-42)28-14-10-11-16-38-28)27(6)39-21-23(2)20-36(49-8,15-19-44)31(37)25(4)30(45)26(5)33(46)47/h10-11,14,16,22-27,31-32,39,44H,9,12-13,15,17-21H2,1-8H3,(H,46,47)/t23-,24-,25+,26-,27-,31-,32-,35-,36-/m1/s1. The molecule has 14 heteroatoms. The number of ether oxygens (including phenoxy) is 2. The van der Waals surface area contributed by atoms with E-state index in [2.05, 4.69) is 41.4 Å². The molecule has 0 aliphatic carbocycles. The fourth-order valence-corrected chi connectivity index (χ4v) is 7.34. The molecular formula is C36H57BN6O7. The van der Waals surface area contributed by atoms with Crippen molar-refractivity contribution in [2.75, 3.05) is 26.8 Å². The van der Waals surface area contributed by atoms with E-state index in [4.69, 9.17) is 17.3 Å². The predicted octanol–water partition coefficient (Wildman–Crippen LogP) is 4.40. The molecule has 3 N–H and O–H groups in total. The van der Waals surface area contributed by atoms with Crippen LogP contribution in [-0.4, -0.2) is 111 Å². The molecule has 3 heterocycles. The number of Topliss-reactive ketones (excluding diaryl/α,β-unsaturated/α-hetero) is 1. The van der Waals surface area contributed by atoms with Crippen LogP contribution in [0.4, 0.5) is 4.79 Å². The molecule has 0 spiro atoms. The Bertz CT molecular complexity index is 1400. The summed E-state index contributed by atoms with van der Waals surface area (Å²) in [5.41, 5.74) is -0.291. The zero-order chi connectivity index (χ0) is 37.2. The number of aromatic nitrogens is 4. The number of ketones is 1. The number of hydrogen-bond donors (Lipinski definition) is 3. The van der Waals surface area contributed by atoms with Gasteiger partial charge in [0.15, 0.2) is 0 Å². The van der Waals surface area contributed by atoms with E-state index in [1.807, 2.05) is 43.1 Å². The minimum Gasteiger partial charge on any atom is -0.481 e. The third-order valence-corrected chi connectivity index (χ3v) is 10.8. The fourth-order valence-electron chi connectivity index (χ4n) is 7.34. The normalized spacial score (nSPS) is 22.6. The number of carboxylic acid groups (broad SMARTS) is 1. The summed E-state index contributed by atoms with van der Waals surface area (Å²) in [5, 5.41) is 31.5. The first-order valence-corrected chi connectivity index (χ1v) is 17.9. The summed E-state index contributed by atoms with van der Waals surface area (Å²) in [5.74, 6) is -4.43. The second-order valence-corrected chi connectivity index (χ2v) is 14.3. The van der Waals surface area contributed by atoms with Crippen LogP contribution in [0.1, 0.15) is 80.6 Å². The molecule has 1 aliphatic rings. The predicted molar refractivity (Wildman–Crippen MR) is 190 cm³/mol. The van der Waals surface area contributed by atoms with Crippen LogP contribution < -0.4 is 5.32 Å². The number of cyclic esters (lactones) is 1. The van der Waals surface area contributed by atoms with Crippen LogP contribution in [0.3, 0.4) is 0 Å². The van der Waals surface area contributed by atoms with Crippen LogP contribution in [0.5, 0.6) is 0 Å². The van der Waals surface area contributed by atoms with Crippen molar-refractivity contribution in [1.29, 1.82) is 0 Å². The van der Waals surface area contributed by atoms with Crippen LogP contribution in [0.25, 0.3) is 11.4 Å². The second-order valence-electron chi connectivity index (χ2n) is 14.3. The van der Waals surface area contributed by atoms with E-state index in [9.17, 15) is 24.6 Å². The Balaban J connectivity index is 1.68. The number of nitrogens with one attached hydrogen (secondary N) is 1. The molecule has 3 rings (SSSR count). The van der Waals surface area contributed by atoms with E-state index in [1.165, 1.54) is 14.0 Å². The van der Waals surface area contributed by atoms with Gasteiger partial charge in [0.1, 0.15) is 23.0 Å². The average Bonchev–Trinajstić information content (AvgIpc) is 3.69. The molecule has 1 saturated heterocycles. The van der Waals surface area contributed by atoms with E-state index >= 15 is 0 Å². The van der Waals surface area contributed by atoms with Crippen molar-refractivity contribution < 1.29 is 34.1 Å². The van der Waals surface area contributed by atoms with Crippen molar-refractivity contribution in [3.05, 3.63) is 30.6 Å². The lowest BCUT2D eigenvalue weighted by atomic mass is 9.61. The highest BCUT2D eigenvalue weighted by Gasteiger charge is 2.55. The van der Waals surface area contributed by atoms with E-state index in [-0.39, 0.29) is 43.0 Å². The molecule has 1 fully saturated rings. The highest BCUT2D eigenvalue weighted by Crippen LogP contribution is 2.42. The van der Waals surface area contributed by atoms with Gasteiger partial charge in [-0.1, -0.05) is 39.0 Å². The Morgan fingerprint density at radius 2 is 1.86 bits per heavy atom. The Kier molecular flexibility index (Phi) is 15.0. The largest absolute Gasteiger partial charge is 0.481 e.